The molecule has 1 N–H and O–H groups in total. The summed E-state index contributed by atoms with van der Waals surface area (Å²) in [6.45, 7) is 2.29. The summed E-state index contributed by atoms with van der Waals surface area (Å²) in [6.07, 6.45) is 7.59. The first-order valence-corrected chi connectivity index (χ1v) is 13.3. The molecular weight excluding hydrogens is 487 g/mol. The van der Waals surface area contributed by atoms with E-state index in [-0.39, 0.29) is 18.5 Å². The molecule has 0 spiro atoms. The highest BCUT2D eigenvalue weighted by Gasteiger charge is 2.37. The highest BCUT2D eigenvalue weighted by atomic mass is 19.1. The number of nitrogens with zero attached hydrogens (tertiary/aromatic N) is 1. The third-order valence-corrected chi connectivity index (χ3v) is 7.66. The van der Waals surface area contributed by atoms with Gasteiger partial charge in [-0.25, -0.2) is 4.39 Å². The lowest BCUT2D eigenvalue weighted by Gasteiger charge is -2.37. The van der Waals surface area contributed by atoms with Crippen molar-refractivity contribution in [2.75, 3.05) is 12.4 Å². The third kappa shape index (κ3) is 5.17. The fourth-order valence-electron chi connectivity index (χ4n) is 5.62. The van der Waals surface area contributed by atoms with Crippen molar-refractivity contribution in [1.29, 1.82) is 0 Å². The molecule has 196 valence electrons. The fraction of sp³-hybridized carbons (Fsp3) is 0.206. The number of rotatable bonds is 7. The summed E-state index contributed by atoms with van der Waals surface area (Å²) in [6, 6.07) is 27.7. The predicted molar refractivity (Wildman–Crippen MR) is 155 cm³/mol. The van der Waals surface area contributed by atoms with E-state index >= 15 is 0 Å². The molecule has 1 heterocycles. The molecule has 5 heteroatoms. The number of methoxy groups -OCH3 is 1. The lowest BCUT2D eigenvalue weighted by molar-refractivity contribution is 0.279. The van der Waals surface area contributed by atoms with E-state index in [1.54, 1.807) is 25.3 Å². The molecule has 4 aromatic carbocycles. The largest absolute Gasteiger partial charge is 0.493 e. The summed E-state index contributed by atoms with van der Waals surface area (Å²) >= 11 is 0. The highest BCUT2D eigenvalue weighted by molar-refractivity contribution is 5.83. The van der Waals surface area contributed by atoms with Gasteiger partial charge < -0.3 is 14.8 Å². The van der Waals surface area contributed by atoms with Crippen LogP contribution in [0.2, 0.25) is 0 Å². The molecule has 1 aliphatic carbocycles. The van der Waals surface area contributed by atoms with Crippen molar-refractivity contribution in [3.63, 3.8) is 0 Å². The van der Waals surface area contributed by atoms with Crippen LogP contribution in [-0.4, -0.2) is 13.3 Å². The van der Waals surface area contributed by atoms with E-state index in [0.29, 0.717) is 28.9 Å². The average Bonchev–Trinajstić information content (AvgIpc) is 3.46. The molecule has 0 unspecified atom stereocenters. The minimum absolute atomic E-state index is 0.127. The van der Waals surface area contributed by atoms with E-state index in [9.17, 15) is 4.39 Å². The highest BCUT2D eigenvalue weighted by Crippen LogP contribution is 2.50. The summed E-state index contributed by atoms with van der Waals surface area (Å²) in [5, 5.41) is 3.81. The lowest BCUT2D eigenvalue weighted by atomic mass is 9.76. The first-order chi connectivity index (χ1) is 19.1. The normalized spacial score (nSPS) is 19.4. The maximum absolute atomic E-state index is 13.9. The molecule has 0 saturated heterocycles. The average molecular weight is 519 g/mol. The molecule has 39 heavy (non-hydrogen) atoms. The Morgan fingerprint density at radius 1 is 0.974 bits per heavy atom. The first-order valence-electron chi connectivity index (χ1n) is 13.3. The van der Waals surface area contributed by atoms with Crippen LogP contribution in [0.1, 0.15) is 46.2 Å². The van der Waals surface area contributed by atoms with Gasteiger partial charge in [-0.15, -0.1) is 0 Å². The Bertz CT molecular complexity index is 1540. The van der Waals surface area contributed by atoms with Crippen molar-refractivity contribution in [3.05, 3.63) is 131 Å². The predicted octanol–water partition coefficient (Wildman–Crippen LogP) is 8.30. The zero-order valence-electron chi connectivity index (χ0n) is 22.1. The topological polar surface area (TPSA) is 42.8 Å². The number of aliphatic imine (C=N–C) groups is 1. The van der Waals surface area contributed by atoms with Gasteiger partial charge in [-0.3, -0.25) is 4.99 Å². The Balaban J connectivity index is 1.15. The van der Waals surface area contributed by atoms with E-state index in [1.165, 1.54) is 28.4 Å². The van der Waals surface area contributed by atoms with E-state index < -0.39 is 0 Å². The minimum atomic E-state index is -0.287. The van der Waals surface area contributed by atoms with Gasteiger partial charge in [0.2, 0.25) is 0 Å². The van der Waals surface area contributed by atoms with Crippen LogP contribution in [0.3, 0.4) is 0 Å². The molecule has 0 aromatic heterocycles. The summed E-state index contributed by atoms with van der Waals surface area (Å²) in [5.74, 6) is 1.81. The third-order valence-electron chi connectivity index (χ3n) is 7.66. The second kappa shape index (κ2) is 10.8. The van der Waals surface area contributed by atoms with Crippen molar-refractivity contribution in [2.24, 2.45) is 10.9 Å². The number of hydrogen-bond acceptors (Lipinski definition) is 4. The molecule has 4 nitrogen and oxygen atoms in total. The van der Waals surface area contributed by atoms with Crippen LogP contribution >= 0.6 is 0 Å². The number of hydrogen-bond donors (Lipinski definition) is 1. The molecule has 6 rings (SSSR count). The van der Waals surface area contributed by atoms with Crippen molar-refractivity contribution >= 4 is 17.6 Å². The maximum Gasteiger partial charge on any atom is 0.161 e. The van der Waals surface area contributed by atoms with Crippen molar-refractivity contribution in [1.82, 2.24) is 0 Å². The van der Waals surface area contributed by atoms with Crippen LogP contribution in [0.5, 0.6) is 11.5 Å². The summed E-state index contributed by atoms with van der Waals surface area (Å²) in [5.41, 5.74) is 7.48. The number of allylic oxidation sites excluding steroid dienone is 2. The molecule has 0 radical (unpaired) electrons. The van der Waals surface area contributed by atoms with Crippen LogP contribution in [0.25, 0.3) is 0 Å². The number of fused-ring (bicyclic) bond motifs is 3. The SMILES string of the molecule is COc1cc(C=Nc2ccc([C@@H]3Nc4ccc(C)cc4[C@@H]4C=CC[C@@H]43)cc2)ccc1OCc1ccccc1F. The van der Waals surface area contributed by atoms with E-state index in [2.05, 4.69) is 71.8 Å². The Kier molecular flexibility index (Phi) is 6.89. The quantitative estimate of drug-likeness (QED) is 0.198. The van der Waals surface area contributed by atoms with E-state index in [4.69, 9.17) is 9.47 Å². The number of nitrogens with one attached hydrogen (secondary N) is 1. The molecule has 0 amide bonds. The van der Waals surface area contributed by atoms with Crippen LogP contribution in [-0.2, 0) is 6.61 Å². The second-order valence-corrected chi connectivity index (χ2v) is 10.2. The Labute approximate surface area is 228 Å². The van der Waals surface area contributed by atoms with Gasteiger partial charge in [0.05, 0.1) is 18.8 Å². The molecule has 4 aromatic rings. The van der Waals surface area contributed by atoms with Gasteiger partial charge in [0, 0.05) is 23.4 Å². The van der Waals surface area contributed by atoms with Crippen molar-refractivity contribution in [3.8, 4) is 11.5 Å². The minimum Gasteiger partial charge on any atom is -0.493 e. The van der Waals surface area contributed by atoms with Gasteiger partial charge in [0.1, 0.15) is 12.4 Å². The molecule has 3 atom stereocenters. The molecule has 0 bridgehead atoms. The number of halogens is 1. The lowest BCUT2D eigenvalue weighted by Crippen LogP contribution is -2.29. The van der Waals surface area contributed by atoms with E-state index in [1.807, 2.05) is 24.4 Å². The van der Waals surface area contributed by atoms with E-state index in [0.717, 1.165) is 17.7 Å². The number of benzene rings is 4. The number of ether oxygens (including phenoxy) is 2. The molecule has 2 aliphatic rings. The molecular formula is C34H31FN2O2. The van der Waals surface area contributed by atoms with Crippen molar-refractivity contribution < 1.29 is 13.9 Å². The number of aryl methyl sites for hydroxylation is 1. The van der Waals surface area contributed by atoms with Crippen molar-refractivity contribution in [2.45, 2.75) is 31.9 Å². The molecule has 1 aliphatic heterocycles. The van der Waals surface area contributed by atoms with Crippen LogP contribution in [0, 0.1) is 18.7 Å². The fourth-order valence-corrected chi connectivity index (χ4v) is 5.62. The van der Waals surface area contributed by atoms with Crippen LogP contribution in [0.15, 0.2) is 102 Å². The molecule has 0 fully saturated rings. The van der Waals surface area contributed by atoms with Gasteiger partial charge in [-0.1, -0.05) is 60.2 Å². The van der Waals surface area contributed by atoms with Gasteiger partial charge >= 0.3 is 0 Å². The van der Waals surface area contributed by atoms with Crippen LogP contribution in [0.4, 0.5) is 15.8 Å². The monoisotopic (exact) mass is 518 g/mol. The zero-order chi connectivity index (χ0) is 26.8. The summed E-state index contributed by atoms with van der Waals surface area (Å²) < 4.78 is 25.3. The second-order valence-electron chi connectivity index (χ2n) is 10.2. The zero-order valence-corrected chi connectivity index (χ0v) is 22.1. The Morgan fingerprint density at radius 2 is 1.82 bits per heavy atom. The van der Waals surface area contributed by atoms with Gasteiger partial charge in [0.25, 0.3) is 0 Å². The van der Waals surface area contributed by atoms with Gasteiger partial charge in [0.15, 0.2) is 11.5 Å². The maximum atomic E-state index is 13.9. The standard InChI is InChI=1S/C34H31FN2O2/c1-22-10-16-31-29(18-22)27-7-5-8-28(27)34(37-31)24-12-14-26(15-13-24)36-20-23-11-17-32(33(19-23)38-2)39-21-25-6-3-4-9-30(25)35/h3-7,9-20,27-28,34,37H,8,21H2,1-2H3/t27-,28+,34+/m1/s1. The van der Waals surface area contributed by atoms with Gasteiger partial charge in [-0.05, 0) is 78.4 Å². The number of anilines is 1. The first kappa shape index (κ1) is 24.9. The summed E-state index contributed by atoms with van der Waals surface area (Å²) in [7, 11) is 1.59. The smallest absolute Gasteiger partial charge is 0.161 e. The Morgan fingerprint density at radius 3 is 2.64 bits per heavy atom. The summed E-state index contributed by atoms with van der Waals surface area (Å²) in [4.78, 5) is 4.68. The Hall–Kier alpha value is -4.38. The van der Waals surface area contributed by atoms with Gasteiger partial charge in [-0.2, -0.15) is 0 Å². The molecule has 0 saturated carbocycles. The van der Waals surface area contributed by atoms with Crippen LogP contribution < -0.4 is 14.8 Å².